The minimum atomic E-state index is -0.485. The molecule has 0 atom stereocenters. The number of methoxy groups -OCH3 is 2. The maximum Gasteiger partial charge on any atom is 0.341 e. The molecule has 1 aliphatic heterocycles. The summed E-state index contributed by atoms with van der Waals surface area (Å²) in [5.41, 5.74) is 1.80. The van der Waals surface area contributed by atoms with Gasteiger partial charge in [0, 0.05) is 18.2 Å². The minimum Gasteiger partial charge on any atom is -0.467 e. The third-order valence-corrected chi connectivity index (χ3v) is 3.44. The highest BCUT2D eigenvalue weighted by molar-refractivity contribution is 5.92. The van der Waals surface area contributed by atoms with E-state index in [1.54, 1.807) is 18.2 Å². The van der Waals surface area contributed by atoms with Crippen molar-refractivity contribution < 1.29 is 28.5 Å². The van der Waals surface area contributed by atoms with Crippen LogP contribution >= 0.6 is 0 Å². The molecule has 0 unspecified atom stereocenters. The van der Waals surface area contributed by atoms with Gasteiger partial charge in [-0.05, 0) is 36.4 Å². The smallest absolute Gasteiger partial charge is 0.341 e. The van der Waals surface area contributed by atoms with E-state index in [9.17, 15) is 4.79 Å². The van der Waals surface area contributed by atoms with Gasteiger partial charge in [0.2, 0.25) is 6.79 Å². The van der Waals surface area contributed by atoms with Crippen molar-refractivity contribution in [2.75, 3.05) is 27.8 Å². The summed E-state index contributed by atoms with van der Waals surface area (Å²) in [6, 6.07) is 10.5. The van der Waals surface area contributed by atoms with Crippen LogP contribution in [0.5, 0.6) is 17.2 Å². The number of carbonyl (C=O) groups is 1. The monoisotopic (exact) mass is 340 g/mol. The fourth-order valence-corrected chi connectivity index (χ4v) is 2.24. The molecule has 0 saturated heterocycles. The van der Waals surface area contributed by atoms with Gasteiger partial charge in [0.15, 0.2) is 18.3 Å². The molecule has 128 valence electrons. The minimum absolute atomic E-state index is 0.0169. The van der Waals surface area contributed by atoms with Gasteiger partial charge in [0.25, 0.3) is 0 Å². The molecule has 0 bridgehead atoms. The largest absolute Gasteiger partial charge is 0.467 e. The third kappa shape index (κ3) is 3.84. The summed E-state index contributed by atoms with van der Waals surface area (Å²) in [5.74, 6) is 7.34. The average Bonchev–Trinajstić information content (AvgIpc) is 3.12. The van der Waals surface area contributed by atoms with Gasteiger partial charge in [-0.2, -0.15) is 0 Å². The number of esters is 1. The molecule has 25 heavy (non-hydrogen) atoms. The molecule has 6 nitrogen and oxygen atoms in total. The Labute approximate surface area is 145 Å². The highest BCUT2D eigenvalue weighted by Crippen LogP contribution is 2.32. The Morgan fingerprint density at radius 1 is 1.04 bits per heavy atom. The second-order valence-corrected chi connectivity index (χ2v) is 5.07. The molecule has 6 heteroatoms. The maximum atomic E-state index is 11.8. The van der Waals surface area contributed by atoms with Crippen molar-refractivity contribution in [3.63, 3.8) is 0 Å². The van der Waals surface area contributed by atoms with Crippen LogP contribution in [0.25, 0.3) is 0 Å². The molecule has 0 N–H and O–H groups in total. The average molecular weight is 340 g/mol. The molecule has 0 amide bonds. The summed E-state index contributed by atoms with van der Waals surface area (Å²) in [6.07, 6.45) is 0. The fourth-order valence-electron chi connectivity index (χ4n) is 2.24. The Morgan fingerprint density at radius 3 is 2.52 bits per heavy atom. The summed E-state index contributed by atoms with van der Waals surface area (Å²) in [4.78, 5) is 11.8. The van der Waals surface area contributed by atoms with Crippen LogP contribution in [0, 0.1) is 11.8 Å². The number of ether oxygens (including phenoxy) is 5. The standard InChI is InChI=1S/C19H16O6/c1-21-11-23-17-9-13(5-7-15(17)19(20)22-2)3-4-14-6-8-16-18(10-14)25-12-24-16/h5-10H,11-12H2,1-2H3. The van der Waals surface area contributed by atoms with Gasteiger partial charge in [-0.25, -0.2) is 4.79 Å². The quantitative estimate of drug-likeness (QED) is 0.484. The lowest BCUT2D eigenvalue weighted by atomic mass is 10.1. The Bertz CT molecular complexity index is 847. The molecule has 2 aromatic rings. The van der Waals surface area contributed by atoms with E-state index in [2.05, 4.69) is 11.8 Å². The summed E-state index contributed by atoms with van der Waals surface area (Å²) >= 11 is 0. The number of fused-ring (bicyclic) bond motifs is 1. The van der Waals surface area contributed by atoms with E-state index in [-0.39, 0.29) is 13.6 Å². The summed E-state index contributed by atoms with van der Waals surface area (Å²) in [5, 5.41) is 0. The van der Waals surface area contributed by atoms with Crippen LogP contribution < -0.4 is 14.2 Å². The van der Waals surface area contributed by atoms with Crippen LogP contribution in [0.15, 0.2) is 36.4 Å². The van der Waals surface area contributed by atoms with Crippen molar-refractivity contribution >= 4 is 5.97 Å². The van der Waals surface area contributed by atoms with Crippen LogP contribution in [0.2, 0.25) is 0 Å². The molecule has 0 aromatic heterocycles. The van der Waals surface area contributed by atoms with Gasteiger partial charge in [-0.1, -0.05) is 11.8 Å². The number of rotatable bonds is 4. The van der Waals surface area contributed by atoms with Crippen molar-refractivity contribution in [1.82, 2.24) is 0 Å². The van der Waals surface area contributed by atoms with E-state index in [1.165, 1.54) is 14.2 Å². The van der Waals surface area contributed by atoms with Crippen LogP contribution in [0.3, 0.4) is 0 Å². The molecule has 0 aliphatic carbocycles. The number of hydrogen-bond acceptors (Lipinski definition) is 6. The van der Waals surface area contributed by atoms with E-state index in [0.717, 1.165) is 5.56 Å². The lowest BCUT2D eigenvalue weighted by Crippen LogP contribution is -2.07. The second kappa shape index (κ2) is 7.60. The van der Waals surface area contributed by atoms with E-state index in [4.69, 9.17) is 23.7 Å². The topological polar surface area (TPSA) is 63.2 Å². The summed E-state index contributed by atoms with van der Waals surface area (Å²) in [7, 11) is 2.82. The lowest BCUT2D eigenvalue weighted by molar-refractivity contribution is 0.0465. The first kappa shape index (κ1) is 16.7. The van der Waals surface area contributed by atoms with Gasteiger partial charge < -0.3 is 23.7 Å². The summed E-state index contributed by atoms with van der Waals surface area (Å²) in [6.45, 7) is 0.241. The molecule has 1 aliphatic rings. The zero-order valence-corrected chi connectivity index (χ0v) is 13.8. The first-order valence-corrected chi connectivity index (χ1v) is 7.47. The summed E-state index contributed by atoms with van der Waals surface area (Å²) < 4.78 is 25.7. The van der Waals surface area contributed by atoms with Gasteiger partial charge in [-0.15, -0.1) is 0 Å². The second-order valence-electron chi connectivity index (χ2n) is 5.07. The van der Waals surface area contributed by atoms with E-state index in [1.807, 2.05) is 18.2 Å². The molecular formula is C19H16O6. The Kier molecular flexibility index (Phi) is 5.07. The molecule has 1 heterocycles. The number of benzene rings is 2. The SMILES string of the molecule is COCOc1cc(C#Cc2ccc3c(c2)OCO3)ccc1C(=O)OC. The van der Waals surface area contributed by atoms with Crippen LogP contribution in [0.1, 0.15) is 21.5 Å². The molecule has 0 fully saturated rings. The zero-order chi connectivity index (χ0) is 17.6. The highest BCUT2D eigenvalue weighted by Gasteiger charge is 2.14. The Hall–Kier alpha value is -3.17. The first-order chi connectivity index (χ1) is 12.2. The first-order valence-electron chi connectivity index (χ1n) is 7.47. The van der Waals surface area contributed by atoms with Gasteiger partial charge in [0.1, 0.15) is 11.3 Å². The molecule has 0 saturated carbocycles. The Balaban J connectivity index is 1.86. The Morgan fingerprint density at radius 2 is 1.76 bits per heavy atom. The van der Waals surface area contributed by atoms with Gasteiger partial charge in [-0.3, -0.25) is 0 Å². The number of carbonyl (C=O) groups excluding carboxylic acids is 1. The molecule has 2 aromatic carbocycles. The molecular weight excluding hydrogens is 324 g/mol. The number of hydrogen-bond donors (Lipinski definition) is 0. The van der Waals surface area contributed by atoms with Crippen LogP contribution in [-0.4, -0.2) is 33.8 Å². The van der Waals surface area contributed by atoms with Crippen molar-refractivity contribution in [2.24, 2.45) is 0 Å². The molecule has 0 spiro atoms. The van der Waals surface area contributed by atoms with Crippen molar-refractivity contribution in [3.8, 4) is 29.1 Å². The van der Waals surface area contributed by atoms with Crippen LogP contribution in [-0.2, 0) is 9.47 Å². The zero-order valence-electron chi connectivity index (χ0n) is 13.8. The van der Waals surface area contributed by atoms with Crippen molar-refractivity contribution in [3.05, 3.63) is 53.1 Å². The van der Waals surface area contributed by atoms with Crippen molar-refractivity contribution in [1.29, 1.82) is 0 Å². The van der Waals surface area contributed by atoms with Gasteiger partial charge >= 0.3 is 5.97 Å². The predicted octanol–water partition coefficient (Wildman–Crippen LogP) is 2.58. The normalized spacial score (nSPS) is 11.4. The van der Waals surface area contributed by atoms with E-state index >= 15 is 0 Å². The third-order valence-electron chi connectivity index (χ3n) is 3.44. The highest BCUT2D eigenvalue weighted by atomic mass is 16.7. The predicted molar refractivity (Wildman–Crippen MR) is 88.8 cm³/mol. The van der Waals surface area contributed by atoms with Crippen molar-refractivity contribution in [2.45, 2.75) is 0 Å². The maximum absolute atomic E-state index is 11.8. The van der Waals surface area contributed by atoms with E-state index < -0.39 is 5.97 Å². The lowest BCUT2D eigenvalue weighted by Gasteiger charge is -2.09. The van der Waals surface area contributed by atoms with Gasteiger partial charge in [0.05, 0.1) is 7.11 Å². The van der Waals surface area contributed by atoms with E-state index in [0.29, 0.717) is 28.4 Å². The molecule has 3 rings (SSSR count). The molecule has 0 radical (unpaired) electrons. The fraction of sp³-hybridized carbons (Fsp3) is 0.211. The van der Waals surface area contributed by atoms with Crippen LogP contribution in [0.4, 0.5) is 0 Å².